The standard InChI is InChI=1S/C11H23NO3S/c1-2-16(13,14)8-4-7-15-10-11-5-3-6-12-9-11/h11-12H,2-10H2,1H3. The van der Waals surface area contributed by atoms with Crippen molar-refractivity contribution in [3.63, 3.8) is 0 Å². The molecule has 0 spiro atoms. The van der Waals surface area contributed by atoms with Crippen LogP contribution in [0, 0.1) is 5.92 Å². The Balaban J connectivity index is 1.99. The molecule has 96 valence electrons. The minimum Gasteiger partial charge on any atom is -0.381 e. The van der Waals surface area contributed by atoms with Crippen LogP contribution in [-0.2, 0) is 14.6 Å². The van der Waals surface area contributed by atoms with Gasteiger partial charge in [0.05, 0.1) is 12.4 Å². The highest BCUT2D eigenvalue weighted by Gasteiger charge is 2.13. The summed E-state index contributed by atoms with van der Waals surface area (Å²) in [6, 6.07) is 0. The molecular formula is C11H23NO3S. The van der Waals surface area contributed by atoms with Crippen LogP contribution in [0.4, 0.5) is 0 Å². The lowest BCUT2D eigenvalue weighted by Crippen LogP contribution is -2.32. The van der Waals surface area contributed by atoms with Gasteiger partial charge in [0.25, 0.3) is 0 Å². The number of nitrogens with one attached hydrogen (secondary N) is 1. The fourth-order valence-corrected chi connectivity index (χ4v) is 2.69. The molecule has 1 unspecified atom stereocenters. The maximum atomic E-state index is 11.2. The minimum absolute atomic E-state index is 0.236. The summed E-state index contributed by atoms with van der Waals surface area (Å²) >= 11 is 0. The topological polar surface area (TPSA) is 55.4 Å². The number of hydrogen-bond acceptors (Lipinski definition) is 4. The van der Waals surface area contributed by atoms with Crippen molar-refractivity contribution in [1.29, 1.82) is 0 Å². The van der Waals surface area contributed by atoms with Gasteiger partial charge in [-0.15, -0.1) is 0 Å². The van der Waals surface area contributed by atoms with Gasteiger partial charge in [-0.2, -0.15) is 0 Å². The molecule has 0 aromatic rings. The Morgan fingerprint density at radius 1 is 1.44 bits per heavy atom. The maximum Gasteiger partial charge on any atom is 0.150 e. The summed E-state index contributed by atoms with van der Waals surface area (Å²) in [5.41, 5.74) is 0. The van der Waals surface area contributed by atoms with Gasteiger partial charge >= 0.3 is 0 Å². The molecule has 1 saturated heterocycles. The van der Waals surface area contributed by atoms with Crippen LogP contribution in [-0.4, -0.2) is 46.2 Å². The normalized spacial score (nSPS) is 22.2. The SMILES string of the molecule is CCS(=O)(=O)CCCOCC1CCCNC1. The third-order valence-electron chi connectivity index (χ3n) is 2.94. The van der Waals surface area contributed by atoms with Crippen LogP contribution < -0.4 is 5.32 Å². The Bertz CT molecular complexity index is 271. The van der Waals surface area contributed by atoms with Gasteiger partial charge in [0.15, 0.2) is 0 Å². The van der Waals surface area contributed by atoms with E-state index >= 15 is 0 Å². The predicted octanol–water partition coefficient (Wildman–Crippen LogP) is 0.827. The van der Waals surface area contributed by atoms with Gasteiger partial charge in [0.1, 0.15) is 9.84 Å². The largest absolute Gasteiger partial charge is 0.381 e. The van der Waals surface area contributed by atoms with Gasteiger partial charge in [-0.3, -0.25) is 0 Å². The van der Waals surface area contributed by atoms with Crippen LogP contribution in [0.3, 0.4) is 0 Å². The number of rotatable bonds is 7. The Morgan fingerprint density at radius 2 is 2.25 bits per heavy atom. The van der Waals surface area contributed by atoms with Crippen molar-refractivity contribution in [2.45, 2.75) is 26.2 Å². The van der Waals surface area contributed by atoms with Gasteiger partial charge in [0.2, 0.25) is 0 Å². The summed E-state index contributed by atoms with van der Waals surface area (Å²) in [5, 5.41) is 3.33. The van der Waals surface area contributed by atoms with E-state index in [1.54, 1.807) is 6.92 Å². The first-order valence-electron chi connectivity index (χ1n) is 6.13. The van der Waals surface area contributed by atoms with Crippen molar-refractivity contribution in [3.05, 3.63) is 0 Å². The first kappa shape index (κ1) is 13.9. The third kappa shape index (κ3) is 5.82. The second-order valence-corrected chi connectivity index (χ2v) is 6.85. The lowest BCUT2D eigenvalue weighted by molar-refractivity contribution is 0.0907. The molecule has 1 atom stereocenters. The molecule has 1 aliphatic rings. The van der Waals surface area contributed by atoms with E-state index in [4.69, 9.17) is 4.74 Å². The lowest BCUT2D eigenvalue weighted by atomic mass is 10.0. The molecule has 1 heterocycles. The van der Waals surface area contributed by atoms with E-state index < -0.39 is 9.84 Å². The molecule has 16 heavy (non-hydrogen) atoms. The maximum absolute atomic E-state index is 11.2. The highest BCUT2D eigenvalue weighted by Crippen LogP contribution is 2.10. The van der Waals surface area contributed by atoms with Crippen LogP contribution in [0.25, 0.3) is 0 Å². The van der Waals surface area contributed by atoms with Crippen LogP contribution in [0.15, 0.2) is 0 Å². The van der Waals surface area contributed by atoms with Crippen LogP contribution in [0.1, 0.15) is 26.2 Å². The van der Waals surface area contributed by atoms with Gasteiger partial charge in [-0.1, -0.05) is 6.92 Å². The van der Waals surface area contributed by atoms with Gasteiger partial charge < -0.3 is 10.1 Å². The quantitative estimate of drug-likeness (QED) is 0.679. The molecular weight excluding hydrogens is 226 g/mol. The third-order valence-corrected chi connectivity index (χ3v) is 4.73. The van der Waals surface area contributed by atoms with E-state index in [0.717, 1.165) is 19.7 Å². The summed E-state index contributed by atoms with van der Waals surface area (Å²) in [6.45, 7) is 5.16. The van der Waals surface area contributed by atoms with Crippen molar-refractivity contribution in [1.82, 2.24) is 5.32 Å². The zero-order valence-electron chi connectivity index (χ0n) is 10.1. The highest BCUT2D eigenvalue weighted by atomic mass is 32.2. The predicted molar refractivity (Wildman–Crippen MR) is 65.4 cm³/mol. The van der Waals surface area contributed by atoms with E-state index in [-0.39, 0.29) is 11.5 Å². The van der Waals surface area contributed by atoms with E-state index in [9.17, 15) is 8.42 Å². The zero-order chi connectivity index (χ0) is 11.9. The first-order valence-corrected chi connectivity index (χ1v) is 7.95. The van der Waals surface area contributed by atoms with Crippen molar-refractivity contribution >= 4 is 9.84 Å². The molecule has 5 heteroatoms. The zero-order valence-corrected chi connectivity index (χ0v) is 10.9. The average Bonchev–Trinajstić information content (AvgIpc) is 2.30. The summed E-state index contributed by atoms with van der Waals surface area (Å²) < 4.78 is 27.9. The Labute approximate surface area is 98.7 Å². The van der Waals surface area contributed by atoms with Gasteiger partial charge in [0, 0.05) is 18.9 Å². The van der Waals surface area contributed by atoms with Crippen LogP contribution >= 0.6 is 0 Å². The van der Waals surface area contributed by atoms with Gasteiger partial charge in [-0.05, 0) is 31.7 Å². The smallest absolute Gasteiger partial charge is 0.150 e. The molecule has 1 rings (SSSR count). The Hall–Kier alpha value is -0.130. The van der Waals surface area contributed by atoms with Crippen LogP contribution in [0.5, 0.6) is 0 Å². The number of ether oxygens (including phenoxy) is 1. The monoisotopic (exact) mass is 249 g/mol. The summed E-state index contributed by atoms with van der Waals surface area (Å²) in [5.74, 6) is 1.10. The van der Waals surface area contributed by atoms with Crippen molar-refractivity contribution in [2.24, 2.45) is 5.92 Å². The summed E-state index contributed by atoms with van der Waals surface area (Å²) in [6.07, 6.45) is 3.06. The molecule has 1 N–H and O–H groups in total. The lowest BCUT2D eigenvalue weighted by Gasteiger charge is -2.22. The fourth-order valence-electron chi connectivity index (χ4n) is 1.84. The molecule has 0 aliphatic carbocycles. The molecule has 0 aromatic carbocycles. The highest BCUT2D eigenvalue weighted by molar-refractivity contribution is 7.91. The van der Waals surface area contributed by atoms with Gasteiger partial charge in [-0.25, -0.2) is 8.42 Å². The second kappa shape index (κ2) is 7.25. The van der Waals surface area contributed by atoms with E-state index in [2.05, 4.69) is 5.32 Å². The molecule has 1 fully saturated rings. The summed E-state index contributed by atoms with van der Waals surface area (Å²) in [4.78, 5) is 0. The Kier molecular flexibility index (Phi) is 6.31. The molecule has 0 radical (unpaired) electrons. The van der Waals surface area contributed by atoms with E-state index in [1.165, 1.54) is 12.8 Å². The molecule has 1 aliphatic heterocycles. The number of hydrogen-bond donors (Lipinski definition) is 1. The fraction of sp³-hybridized carbons (Fsp3) is 1.00. The second-order valence-electron chi connectivity index (χ2n) is 4.38. The minimum atomic E-state index is -2.82. The Morgan fingerprint density at radius 3 is 2.88 bits per heavy atom. The first-order chi connectivity index (χ1) is 7.64. The molecule has 0 amide bonds. The molecule has 0 bridgehead atoms. The molecule has 4 nitrogen and oxygen atoms in total. The average molecular weight is 249 g/mol. The molecule has 0 saturated carbocycles. The van der Waals surface area contributed by atoms with Crippen molar-refractivity contribution < 1.29 is 13.2 Å². The number of piperidine rings is 1. The molecule has 0 aromatic heterocycles. The van der Waals surface area contributed by atoms with Crippen molar-refractivity contribution in [2.75, 3.05) is 37.8 Å². The van der Waals surface area contributed by atoms with Crippen LogP contribution in [0.2, 0.25) is 0 Å². The summed E-state index contributed by atoms with van der Waals surface area (Å²) in [7, 11) is -2.82. The van der Waals surface area contributed by atoms with Crippen molar-refractivity contribution in [3.8, 4) is 0 Å². The number of sulfone groups is 1. The van der Waals surface area contributed by atoms with E-state index in [1.807, 2.05) is 0 Å². The van der Waals surface area contributed by atoms with E-state index in [0.29, 0.717) is 18.9 Å².